The second-order valence-electron chi connectivity index (χ2n) is 5.14. The van der Waals surface area contributed by atoms with E-state index in [0.29, 0.717) is 27.5 Å². The van der Waals surface area contributed by atoms with Gasteiger partial charge >= 0.3 is 0 Å². The Kier molecular flexibility index (Phi) is 5.40. The van der Waals surface area contributed by atoms with Crippen molar-refractivity contribution in [3.8, 4) is 5.75 Å². The van der Waals surface area contributed by atoms with Crippen LogP contribution in [0.25, 0.3) is 6.08 Å². The largest absolute Gasteiger partial charge is 0.497 e. The van der Waals surface area contributed by atoms with Crippen molar-refractivity contribution in [1.82, 2.24) is 9.88 Å². The number of methoxy groups -OCH3 is 1. The van der Waals surface area contributed by atoms with Crippen molar-refractivity contribution < 1.29 is 9.53 Å². The zero-order valence-corrected chi connectivity index (χ0v) is 15.3. The van der Waals surface area contributed by atoms with Gasteiger partial charge < -0.3 is 4.74 Å². The summed E-state index contributed by atoms with van der Waals surface area (Å²) in [4.78, 5) is 23.4. The van der Waals surface area contributed by atoms with Gasteiger partial charge in [0.1, 0.15) is 11.4 Å². The number of aliphatic imine (C=N–C) groups is 1. The molecule has 3 rings (SSSR count). The van der Waals surface area contributed by atoms with Crippen LogP contribution in [0.15, 0.2) is 52.5 Å². The molecule has 1 aliphatic rings. The molecular formula is C18H16ClN3O2S. The number of hydrogen-bond donors (Lipinski definition) is 0. The Morgan fingerprint density at radius 3 is 2.92 bits per heavy atom. The first-order valence-electron chi connectivity index (χ1n) is 7.67. The number of pyridine rings is 1. The summed E-state index contributed by atoms with van der Waals surface area (Å²) >= 11 is 7.39. The first-order chi connectivity index (χ1) is 12.1. The van der Waals surface area contributed by atoms with Gasteiger partial charge in [0.15, 0.2) is 10.3 Å². The summed E-state index contributed by atoms with van der Waals surface area (Å²) in [5, 5.41) is 0.904. The lowest BCUT2D eigenvalue weighted by molar-refractivity contribution is -0.122. The summed E-state index contributed by atoms with van der Waals surface area (Å²) in [5.74, 6) is 0.669. The fourth-order valence-corrected chi connectivity index (χ4v) is 3.53. The third kappa shape index (κ3) is 3.86. The molecule has 25 heavy (non-hydrogen) atoms. The lowest BCUT2D eigenvalue weighted by Crippen LogP contribution is -2.28. The van der Waals surface area contributed by atoms with Crippen molar-refractivity contribution in [2.75, 3.05) is 13.7 Å². The molecule has 0 bridgehead atoms. The predicted molar refractivity (Wildman–Crippen MR) is 102 cm³/mol. The maximum absolute atomic E-state index is 12.7. The van der Waals surface area contributed by atoms with Crippen LogP contribution in [0.4, 0.5) is 5.69 Å². The monoisotopic (exact) mass is 373 g/mol. The molecule has 0 spiro atoms. The van der Waals surface area contributed by atoms with E-state index < -0.39 is 0 Å². The standard InChI is InChI=1S/C18H16ClN3O2S/c1-3-22-17(23)15(11-12-6-4-7-13(10-12)24-2)25-18(22)21-14-8-5-9-20-16(14)19/h4-11H,3H2,1-2H3/b15-11-,21-18?. The van der Waals surface area contributed by atoms with E-state index in [1.54, 1.807) is 30.3 Å². The highest BCUT2D eigenvalue weighted by Crippen LogP contribution is 2.35. The van der Waals surface area contributed by atoms with Crippen molar-refractivity contribution in [3.05, 3.63) is 58.2 Å². The van der Waals surface area contributed by atoms with Crippen molar-refractivity contribution in [1.29, 1.82) is 0 Å². The first kappa shape index (κ1) is 17.5. The number of carbonyl (C=O) groups is 1. The van der Waals surface area contributed by atoms with Gasteiger partial charge in [0, 0.05) is 12.7 Å². The van der Waals surface area contributed by atoms with E-state index in [2.05, 4.69) is 9.98 Å². The molecule has 1 saturated heterocycles. The molecule has 0 aliphatic carbocycles. The number of amides is 1. The summed E-state index contributed by atoms with van der Waals surface area (Å²) in [5.41, 5.74) is 1.44. The van der Waals surface area contributed by atoms with Crippen molar-refractivity contribution >= 4 is 46.2 Å². The highest BCUT2D eigenvalue weighted by molar-refractivity contribution is 8.18. The second-order valence-corrected chi connectivity index (χ2v) is 6.51. The minimum atomic E-state index is -0.0749. The number of aromatic nitrogens is 1. The molecule has 0 saturated carbocycles. The number of amidine groups is 1. The van der Waals surface area contributed by atoms with Gasteiger partial charge in [0.25, 0.3) is 5.91 Å². The third-order valence-electron chi connectivity index (χ3n) is 3.55. The third-order valence-corrected chi connectivity index (χ3v) is 4.85. The van der Waals surface area contributed by atoms with Crippen LogP contribution in [-0.4, -0.2) is 34.6 Å². The molecule has 5 nitrogen and oxygen atoms in total. The summed E-state index contributed by atoms with van der Waals surface area (Å²) in [6.45, 7) is 2.44. The van der Waals surface area contributed by atoms with Crippen LogP contribution in [0, 0.1) is 0 Å². The molecule has 0 radical (unpaired) electrons. The number of halogens is 1. The summed E-state index contributed by atoms with van der Waals surface area (Å²) in [6.07, 6.45) is 3.44. The fraction of sp³-hybridized carbons (Fsp3) is 0.167. The zero-order chi connectivity index (χ0) is 17.8. The Balaban J connectivity index is 1.95. The van der Waals surface area contributed by atoms with Gasteiger partial charge in [-0.15, -0.1) is 0 Å². The van der Waals surface area contributed by atoms with Crippen molar-refractivity contribution in [2.45, 2.75) is 6.92 Å². The Bertz CT molecular complexity index is 867. The van der Waals surface area contributed by atoms with E-state index in [9.17, 15) is 4.79 Å². The van der Waals surface area contributed by atoms with Gasteiger partial charge in [0.2, 0.25) is 0 Å². The molecule has 7 heteroatoms. The van der Waals surface area contributed by atoms with Crippen LogP contribution in [-0.2, 0) is 4.79 Å². The number of ether oxygens (including phenoxy) is 1. The minimum absolute atomic E-state index is 0.0749. The van der Waals surface area contributed by atoms with Gasteiger partial charge in [-0.2, -0.15) is 0 Å². The smallest absolute Gasteiger partial charge is 0.266 e. The average molecular weight is 374 g/mol. The van der Waals surface area contributed by atoms with E-state index >= 15 is 0 Å². The summed E-state index contributed by atoms with van der Waals surface area (Å²) in [6, 6.07) is 11.1. The maximum atomic E-state index is 12.7. The first-order valence-corrected chi connectivity index (χ1v) is 8.86. The minimum Gasteiger partial charge on any atom is -0.497 e. The average Bonchev–Trinajstić information content (AvgIpc) is 2.91. The van der Waals surface area contributed by atoms with Crippen LogP contribution in [0.5, 0.6) is 5.75 Å². The van der Waals surface area contributed by atoms with Crippen molar-refractivity contribution in [3.63, 3.8) is 0 Å². The highest BCUT2D eigenvalue weighted by atomic mass is 35.5. The Morgan fingerprint density at radius 2 is 2.20 bits per heavy atom. The lowest BCUT2D eigenvalue weighted by atomic mass is 10.2. The number of thioether (sulfide) groups is 1. The van der Waals surface area contributed by atoms with Crippen LogP contribution in [0.2, 0.25) is 5.15 Å². The Labute approximate surface area is 155 Å². The van der Waals surface area contributed by atoms with Crippen LogP contribution in [0.1, 0.15) is 12.5 Å². The van der Waals surface area contributed by atoms with Crippen LogP contribution >= 0.6 is 23.4 Å². The molecular weight excluding hydrogens is 358 g/mol. The Hall–Kier alpha value is -2.31. The van der Waals surface area contributed by atoms with E-state index in [-0.39, 0.29) is 5.91 Å². The molecule has 1 aromatic carbocycles. The van der Waals surface area contributed by atoms with E-state index in [1.165, 1.54) is 11.8 Å². The van der Waals surface area contributed by atoms with E-state index in [1.807, 2.05) is 37.3 Å². The molecule has 2 heterocycles. The maximum Gasteiger partial charge on any atom is 0.266 e. The number of rotatable bonds is 4. The molecule has 0 N–H and O–H groups in total. The molecule has 0 atom stereocenters. The summed E-state index contributed by atoms with van der Waals surface area (Å²) in [7, 11) is 1.61. The molecule has 1 amide bonds. The van der Waals surface area contributed by atoms with Gasteiger partial charge in [-0.1, -0.05) is 23.7 Å². The molecule has 1 aromatic heterocycles. The van der Waals surface area contributed by atoms with Gasteiger partial charge in [-0.05, 0) is 54.6 Å². The number of likely N-dealkylation sites (N-methyl/N-ethyl adjacent to an activating group) is 1. The number of carbonyl (C=O) groups excluding carboxylic acids is 1. The van der Waals surface area contributed by atoms with Gasteiger partial charge in [-0.3, -0.25) is 9.69 Å². The molecule has 0 unspecified atom stereocenters. The normalized spacial score (nSPS) is 17.6. The van der Waals surface area contributed by atoms with Crippen LogP contribution in [0.3, 0.4) is 0 Å². The number of hydrogen-bond acceptors (Lipinski definition) is 5. The van der Waals surface area contributed by atoms with E-state index in [0.717, 1.165) is 11.3 Å². The van der Waals surface area contributed by atoms with Gasteiger partial charge in [0.05, 0.1) is 12.0 Å². The predicted octanol–water partition coefficient (Wildman–Crippen LogP) is 4.37. The lowest BCUT2D eigenvalue weighted by Gasteiger charge is -2.12. The zero-order valence-electron chi connectivity index (χ0n) is 13.8. The topological polar surface area (TPSA) is 54.8 Å². The Morgan fingerprint density at radius 1 is 1.36 bits per heavy atom. The number of nitrogens with zero attached hydrogens (tertiary/aromatic N) is 3. The van der Waals surface area contributed by atoms with E-state index in [4.69, 9.17) is 16.3 Å². The molecule has 128 valence electrons. The molecule has 1 aliphatic heterocycles. The molecule has 2 aromatic rings. The second kappa shape index (κ2) is 7.72. The quantitative estimate of drug-likeness (QED) is 0.590. The molecule has 1 fully saturated rings. The highest BCUT2D eigenvalue weighted by Gasteiger charge is 2.32. The summed E-state index contributed by atoms with van der Waals surface area (Å²) < 4.78 is 5.23. The van der Waals surface area contributed by atoms with Gasteiger partial charge in [-0.25, -0.2) is 9.98 Å². The fourth-order valence-electron chi connectivity index (χ4n) is 2.32. The van der Waals surface area contributed by atoms with Crippen molar-refractivity contribution in [2.24, 2.45) is 4.99 Å². The SMILES string of the molecule is CCN1C(=O)/C(=C/c2cccc(OC)c2)SC1=Nc1cccnc1Cl. The number of benzene rings is 1. The van der Waals surface area contributed by atoms with Crippen LogP contribution < -0.4 is 4.74 Å².